The highest BCUT2D eigenvalue weighted by atomic mass is 35.5. The van der Waals surface area contributed by atoms with Gasteiger partial charge in [0.1, 0.15) is 17.6 Å². The molecule has 0 saturated heterocycles. The van der Waals surface area contributed by atoms with Gasteiger partial charge in [0.15, 0.2) is 5.16 Å². The number of hydrogen-bond acceptors (Lipinski definition) is 6. The van der Waals surface area contributed by atoms with E-state index in [0.29, 0.717) is 28.9 Å². The standard InChI is InChI=1S/C25H22ClN5O2S/c1-17-27-28-25(30(17)15-18-6-3-2-4-7-18)34-16-24(32)31-22(23-8-5-13-33-23)14-21(29-31)19-9-11-20(26)12-10-19/h2-13,22H,14-16H2,1H3/t22-/m0/s1. The molecule has 2 aromatic heterocycles. The van der Waals surface area contributed by atoms with Crippen molar-refractivity contribution in [3.8, 4) is 0 Å². The van der Waals surface area contributed by atoms with Gasteiger partial charge in [-0.15, -0.1) is 10.2 Å². The van der Waals surface area contributed by atoms with Crippen LogP contribution >= 0.6 is 23.4 Å². The van der Waals surface area contributed by atoms with Gasteiger partial charge in [-0.2, -0.15) is 5.10 Å². The van der Waals surface area contributed by atoms with Crippen LogP contribution in [0.15, 0.2) is 87.7 Å². The van der Waals surface area contributed by atoms with E-state index in [1.54, 1.807) is 6.26 Å². The number of hydrogen-bond donors (Lipinski definition) is 0. The summed E-state index contributed by atoms with van der Waals surface area (Å²) in [5.41, 5.74) is 2.90. The van der Waals surface area contributed by atoms with Gasteiger partial charge in [0.25, 0.3) is 5.91 Å². The van der Waals surface area contributed by atoms with Gasteiger partial charge in [0, 0.05) is 11.4 Å². The highest BCUT2D eigenvalue weighted by Gasteiger charge is 2.35. The number of nitrogens with zero attached hydrogens (tertiary/aromatic N) is 5. The van der Waals surface area contributed by atoms with Gasteiger partial charge >= 0.3 is 0 Å². The summed E-state index contributed by atoms with van der Waals surface area (Å²) in [5, 5.41) is 16.1. The fourth-order valence-electron chi connectivity index (χ4n) is 3.87. The molecule has 34 heavy (non-hydrogen) atoms. The van der Waals surface area contributed by atoms with Crippen LogP contribution in [0, 0.1) is 6.92 Å². The molecule has 0 bridgehead atoms. The third-order valence-corrected chi connectivity index (χ3v) is 6.83. The van der Waals surface area contributed by atoms with Crippen molar-refractivity contribution in [1.82, 2.24) is 19.8 Å². The summed E-state index contributed by atoms with van der Waals surface area (Å²) in [6.45, 7) is 2.56. The molecule has 9 heteroatoms. The van der Waals surface area contributed by atoms with Crippen LogP contribution < -0.4 is 0 Å². The fourth-order valence-corrected chi connectivity index (χ4v) is 4.83. The quantitative estimate of drug-likeness (QED) is 0.326. The molecular formula is C25H22ClN5O2S. The van der Waals surface area contributed by atoms with Gasteiger partial charge in [-0.25, -0.2) is 5.01 Å². The smallest absolute Gasteiger partial charge is 0.253 e. The maximum absolute atomic E-state index is 13.3. The van der Waals surface area contributed by atoms with E-state index in [9.17, 15) is 4.79 Å². The van der Waals surface area contributed by atoms with Crippen molar-refractivity contribution in [1.29, 1.82) is 0 Å². The Morgan fingerprint density at radius 3 is 2.62 bits per heavy atom. The van der Waals surface area contributed by atoms with E-state index >= 15 is 0 Å². The Balaban J connectivity index is 1.34. The van der Waals surface area contributed by atoms with E-state index in [2.05, 4.69) is 27.4 Å². The van der Waals surface area contributed by atoms with Crippen molar-refractivity contribution >= 4 is 35.0 Å². The zero-order valence-corrected chi connectivity index (χ0v) is 20.0. The van der Waals surface area contributed by atoms with E-state index < -0.39 is 0 Å². The normalized spacial score (nSPS) is 15.5. The van der Waals surface area contributed by atoms with Gasteiger partial charge in [-0.1, -0.05) is 65.8 Å². The molecule has 2 aromatic carbocycles. The van der Waals surface area contributed by atoms with Crippen LogP contribution in [0.5, 0.6) is 0 Å². The number of carbonyl (C=O) groups excluding carboxylic acids is 1. The largest absolute Gasteiger partial charge is 0.467 e. The maximum Gasteiger partial charge on any atom is 0.253 e. The number of furan rings is 1. The van der Waals surface area contributed by atoms with Crippen molar-refractivity contribution in [2.24, 2.45) is 5.10 Å². The molecule has 4 aromatic rings. The monoisotopic (exact) mass is 491 g/mol. The SMILES string of the molecule is Cc1nnc(SCC(=O)N2N=C(c3ccc(Cl)cc3)C[C@H]2c2ccco2)n1Cc1ccccc1. The van der Waals surface area contributed by atoms with Crippen molar-refractivity contribution in [2.75, 3.05) is 5.75 Å². The molecule has 0 spiro atoms. The zero-order chi connectivity index (χ0) is 23.5. The van der Waals surface area contributed by atoms with Crippen LogP contribution in [-0.4, -0.2) is 37.1 Å². The Labute approximate surface area is 206 Å². The number of amides is 1. The summed E-state index contributed by atoms with van der Waals surface area (Å²) in [6, 6.07) is 21.0. The first kappa shape index (κ1) is 22.4. The Kier molecular flexibility index (Phi) is 6.51. The number of aryl methyl sites for hydroxylation is 1. The fraction of sp³-hybridized carbons (Fsp3) is 0.200. The molecule has 172 valence electrons. The lowest BCUT2D eigenvalue weighted by atomic mass is 10.0. The number of aromatic nitrogens is 3. The number of hydrazone groups is 1. The topological polar surface area (TPSA) is 76.5 Å². The van der Waals surface area contributed by atoms with Crippen molar-refractivity contribution in [3.63, 3.8) is 0 Å². The average Bonchev–Trinajstić information content (AvgIpc) is 3.60. The lowest BCUT2D eigenvalue weighted by Crippen LogP contribution is -2.28. The van der Waals surface area contributed by atoms with Crippen LogP contribution in [0.1, 0.15) is 35.2 Å². The third kappa shape index (κ3) is 4.78. The molecule has 1 aliphatic rings. The zero-order valence-electron chi connectivity index (χ0n) is 18.5. The molecular weight excluding hydrogens is 470 g/mol. The Hall–Kier alpha value is -3.36. The molecule has 1 amide bonds. The highest BCUT2D eigenvalue weighted by molar-refractivity contribution is 7.99. The number of halogens is 1. The Morgan fingerprint density at radius 1 is 1.09 bits per heavy atom. The molecule has 5 rings (SSSR count). The predicted octanol–water partition coefficient (Wildman–Crippen LogP) is 5.35. The molecule has 3 heterocycles. The summed E-state index contributed by atoms with van der Waals surface area (Å²) in [4.78, 5) is 13.3. The van der Waals surface area contributed by atoms with Crippen LogP contribution in [0.2, 0.25) is 5.02 Å². The summed E-state index contributed by atoms with van der Waals surface area (Å²) in [6.07, 6.45) is 2.18. The minimum atomic E-state index is -0.294. The number of carbonyl (C=O) groups is 1. The lowest BCUT2D eigenvalue weighted by molar-refractivity contribution is -0.130. The summed E-state index contributed by atoms with van der Waals surface area (Å²) in [5.74, 6) is 1.56. The second-order valence-corrected chi connectivity index (χ2v) is 9.30. The van der Waals surface area contributed by atoms with Gasteiger partial charge in [-0.3, -0.25) is 4.79 Å². The first-order valence-electron chi connectivity index (χ1n) is 10.8. The van der Waals surface area contributed by atoms with Gasteiger partial charge < -0.3 is 8.98 Å². The Morgan fingerprint density at radius 2 is 1.88 bits per heavy atom. The molecule has 0 N–H and O–H groups in total. The lowest BCUT2D eigenvalue weighted by Gasteiger charge is -2.19. The number of rotatable bonds is 7. The molecule has 1 atom stereocenters. The highest BCUT2D eigenvalue weighted by Crippen LogP contribution is 2.34. The minimum Gasteiger partial charge on any atom is -0.467 e. The molecule has 1 aliphatic heterocycles. The molecule has 0 aliphatic carbocycles. The molecule has 0 unspecified atom stereocenters. The molecule has 0 radical (unpaired) electrons. The van der Waals surface area contributed by atoms with E-state index in [1.165, 1.54) is 16.8 Å². The van der Waals surface area contributed by atoms with Crippen LogP contribution in [0.25, 0.3) is 0 Å². The maximum atomic E-state index is 13.3. The Bertz CT molecular complexity index is 1300. The number of thioether (sulfide) groups is 1. The van der Waals surface area contributed by atoms with Crippen LogP contribution in [0.3, 0.4) is 0 Å². The van der Waals surface area contributed by atoms with Crippen LogP contribution in [-0.2, 0) is 11.3 Å². The second-order valence-electron chi connectivity index (χ2n) is 7.92. The van der Waals surface area contributed by atoms with Gasteiger partial charge in [0.05, 0.1) is 24.3 Å². The summed E-state index contributed by atoms with van der Waals surface area (Å²) >= 11 is 7.40. The minimum absolute atomic E-state index is 0.123. The molecule has 0 saturated carbocycles. The van der Waals surface area contributed by atoms with E-state index in [-0.39, 0.29) is 17.7 Å². The average molecular weight is 492 g/mol. The first-order chi connectivity index (χ1) is 16.6. The number of benzene rings is 2. The van der Waals surface area contributed by atoms with E-state index in [1.807, 2.05) is 66.1 Å². The van der Waals surface area contributed by atoms with E-state index in [4.69, 9.17) is 16.0 Å². The van der Waals surface area contributed by atoms with Gasteiger partial charge in [-0.05, 0) is 42.3 Å². The van der Waals surface area contributed by atoms with Gasteiger partial charge in [0.2, 0.25) is 0 Å². The molecule has 7 nitrogen and oxygen atoms in total. The van der Waals surface area contributed by atoms with Crippen molar-refractivity contribution in [2.45, 2.75) is 31.1 Å². The summed E-state index contributed by atoms with van der Waals surface area (Å²) in [7, 11) is 0. The third-order valence-electron chi connectivity index (χ3n) is 5.63. The molecule has 0 fully saturated rings. The van der Waals surface area contributed by atoms with E-state index in [0.717, 1.165) is 22.7 Å². The van der Waals surface area contributed by atoms with Crippen molar-refractivity contribution < 1.29 is 9.21 Å². The second kappa shape index (κ2) is 9.87. The van der Waals surface area contributed by atoms with Crippen LogP contribution in [0.4, 0.5) is 0 Å². The summed E-state index contributed by atoms with van der Waals surface area (Å²) < 4.78 is 7.65. The van der Waals surface area contributed by atoms with Crippen molar-refractivity contribution in [3.05, 3.63) is 101 Å². The first-order valence-corrected chi connectivity index (χ1v) is 12.2. The predicted molar refractivity (Wildman–Crippen MR) is 132 cm³/mol.